The number of aliphatic hydroxyl groups excluding tert-OH is 1. The molecule has 0 unspecified atom stereocenters. The van der Waals surface area contributed by atoms with Crippen LogP contribution < -0.4 is 5.32 Å². The molecule has 3 heteroatoms. The highest BCUT2D eigenvalue weighted by molar-refractivity contribution is 5.08. The van der Waals surface area contributed by atoms with Crippen molar-refractivity contribution in [2.45, 2.75) is 38.1 Å². The van der Waals surface area contributed by atoms with Crippen molar-refractivity contribution < 1.29 is 5.11 Å². The number of β-amino-alcohol motifs (C(OH)–C–C–N with tert-alkyl or cyclic N) is 1. The van der Waals surface area contributed by atoms with Crippen LogP contribution in [0.15, 0.2) is 0 Å². The zero-order chi connectivity index (χ0) is 9.73. The van der Waals surface area contributed by atoms with E-state index in [1.54, 1.807) is 0 Å². The Labute approximate surface area is 79.8 Å². The molecule has 0 aromatic rings. The summed E-state index contributed by atoms with van der Waals surface area (Å²) in [5.74, 6) is 0.748. The quantitative estimate of drug-likeness (QED) is 0.685. The highest BCUT2D eigenvalue weighted by atomic mass is 16.3. The molecule has 0 aromatic heterocycles. The molecule has 0 heterocycles. The van der Waals surface area contributed by atoms with E-state index in [9.17, 15) is 0 Å². The van der Waals surface area contributed by atoms with Crippen LogP contribution in [-0.4, -0.2) is 23.8 Å². The van der Waals surface area contributed by atoms with Gasteiger partial charge < -0.3 is 5.11 Å². The fourth-order valence-electron chi connectivity index (χ4n) is 1.88. The Hall–Kier alpha value is -0.590. The second-order valence-corrected chi connectivity index (χ2v) is 4.03. The van der Waals surface area contributed by atoms with Crippen LogP contribution in [0.1, 0.15) is 32.6 Å². The Balaban J connectivity index is 2.46. The first-order valence-electron chi connectivity index (χ1n) is 4.99. The minimum absolute atomic E-state index is 0.110. The highest BCUT2D eigenvalue weighted by Gasteiger charge is 2.33. The van der Waals surface area contributed by atoms with Crippen molar-refractivity contribution in [3.63, 3.8) is 0 Å². The van der Waals surface area contributed by atoms with Gasteiger partial charge in [0.1, 0.15) is 5.54 Å². The lowest BCUT2D eigenvalue weighted by atomic mass is 9.78. The number of rotatable bonds is 3. The van der Waals surface area contributed by atoms with E-state index in [1.165, 1.54) is 0 Å². The third-order valence-corrected chi connectivity index (χ3v) is 2.92. The van der Waals surface area contributed by atoms with E-state index < -0.39 is 0 Å². The summed E-state index contributed by atoms with van der Waals surface area (Å²) in [6.07, 6.45) is 4.08. The maximum absolute atomic E-state index is 9.06. The third-order valence-electron chi connectivity index (χ3n) is 2.92. The van der Waals surface area contributed by atoms with Gasteiger partial charge in [-0.3, -0.25) is 5.32 Å². The number of nitrogens with zero attached hydrogens (tertiary/aromatic N) is 1. The molecule has 1 fully saturated rings. The Morgan fingerprint density at radius 1 is 1.54 bits per heavy atom. The Bertz CT molecular complexity index is 184. The van der Waals surface area contributed by atoms with E-state index in [1.807, 2.05) is 0 Å². The summed E-state index contributed by atoms with van der Waals surface area (Å²) >= 11 is 0. The van der Waals surface area contributed by atoms with E-state index >= 15 is 0 Å². The molecule has 0 atom stereocenters. The number of aliphatic hydroxyl groups is 1. The van der Waals surface area contributed by atoms with Gasteiger partial charge in [0.15, 0.2) is 0 Å². The van der Waals surface area contributed by atoms with Gasteiger partial charge in [-0.25, -0.2) is 0 Å². The standard InChI is InChI=1S/C10H18N2O/c1-9-2-4-10(8-11,5-3-9)12-6-7-13/h9,12-13H,2-7H2,1H3. The van der Waals surface area contributed by atoms with Crippen molar-refractivity contribution in [1.29, 1.82) is 5.26 Å². The molecule has 0 saturated heterocycles. The normalized spacial score (nSPS) is 34.1. The zero-order valence-corrected chi connectivity index (χ0v) is 8.21. The molecule has 0 aromatic carbocycles. The minimum atomic E-state index is -0.352. The van der Waals surface area contributed by atoms with E-state index in [4.69, 9.17) is 10.4 Å². The topological polar surface area (TPSA) is 56.0 Å². The molecule has 1 rings (SSSR count). The van der Waals surface area contributed by atoms with Crippen LogP contribution >= 0.6 is 0 Å². The average Bonchev–Trinajstić information content (AvgIpc) is 2.18. The fraction of sp³-hybridized carbons (Fsp3) is 0.900. The molecular weight excluding hydrogens is 164 g/mol. The first-order valence-corrected chi connectivity index (χ1v) is 4.99. The molecule has 0 aliphatic heterocycles. The number of nitrogens with one attached hydrogen (secondary N) is 1. The third kappa shape index (κ3) is 2.68. The molecule has 2 N–H and O–H groups in total. The van der Waals surface area contributed by atoms with Crippen molar-refractivity contribution in [3.05, 3.63) is 0 Å². The van der Waals surface area contributed by atoms with Crippen molar-refractivity contribution in [3.8, 4) is 6.07 Å². The van der Waals surface area contributed by atoms with Crippen LogP contribution in [0.2, 0.25) is 0 Å². The van der Waals surface area contributed by atoms with Crippen LogP contribution in [0.4, 0.5) is 0 Å². The second kappa shape index (κ2) is 4.59. The Kier molecular flexibility index (Phi) is 3.71. The van der Waals surface area contributed by atoms with Crippen LogP contribution in [0.3, 0.4) is 0 Å². The SMILES string of the molecule is CC1CCC(C#N)(NCCO)CC1. The van der Waals surface area contributed by atoms with Gasteiger partial charge in [-0.05, 0) is 31.6 Å². The van der Waals surface area contributed by atoms with Gasteiger partial charge in [0.2, 0.25) is 0 Å². The highest BCUT2D eigenvalue weighted by Crippen LogP contribution is 2.31. The smallest absolute Gasteiger partial charge is 0.106 e. The second-order valence-electron chi connectivity index (χ2n) is 4.03. The van der Waals surface area contributed by atoms with Crippen LogP contribution in [-0.2, 0) is 0 Å². The maximum atomic E-state index is 9.06. The van der Waals surface area contributed by atoms with Crippen molar-refractivity contribution in [2.24, 2.45) is 5.92 Å². The molecule has 0 spiro atoms. The van der Waals surface area contributed by atoms with Gasteiger partial charge in [0, 0.05) is 6.54 Å². The lowest BCUT2D eigenvalue weighted by Gasteiger charge is -2.34. The van der Waals surface area contributed by atoms with Crippen molar-refractivity contribution in [1.82, 2.24) is 5.32 Å². The lowest BCUT2D eigenvalue weighted by molar-refractivity contribution is 0.221. The first kappa shape index (κ1) is 10.5. The Morgan fingerprint density at radius 3 is 2.62 bits per heavy atom. The van der Waals surface area contributed by atoms with E-state index in [0.717, 1.165) is 31.6 Å². The van der Waals surface area contributed by atoms with E-state index in [-0.39, 0.29) is 12.1 Å². The zero-order valence-electron chi connectivity index (χ0n) is 8.21. The summed E-state index contributed by atoms with van der Waals surface area (Å²) in [5, 5.41) is 20.9. The summed E-state index contributed by atoms with van der Waals surface area (Å²) < 4.78 is 0. The molecule has 0 bridgehead atoms. The van der Waals surface area contributed by atoms with Gasteiger partial charge >= 0.3 is 0 Å². The fourth-order valence-corrected chi connectivity index (χ4v) is 1.88. The predicted octanol–water partition coefficient (Wildman–Crippen LogP) is 1.04. The molecule has 1 aliphatic rings. The van der Waals surface area contributed by atoms with Crippen molar-refractivity contribution in [2.75, 3.05) is 13.2 Å². The van der Waals surface area contributed by atoms with Gasteiger partial charge in [0.05, 0.1) is 12.7 Å². The molecule has 1 saturated carbocycles. The summed E-state index contributed by atoms with van der Waals surface area (Å²) in [4.78, 5) is 0. The predicted molar refractivity (Wildman–Crippen MR) is 51.1 cm³/mol. The lowest BCUT2D eigenvalue weighted by Crippen LogP contribution is -2.47. The molecule has 1 aliphatic carbocycles. The summed E-state index contributed by atoms with van der Waals surface area (Å²) in [6.45, 7) is 2.87. The maximum Gasteiger partial charge on any atom is 0.106 e. The van der Waals surface area contributed by atoms with E-state index in [0.29, 0.717) is 6.54 Å². The Morgan fingerprint density at radius 2 is 2.15 bits per heavy atom. The van der Waals surface area contributed by atoms with Crippen LogP contribution in [0.25, 0.3) is 0 Å². The average molecular weight is 182 g/mol. The summed E-state index contributed by atoms with van der Waals surface area (Å²) in [7, 11) is 0. The minimum Gasteiger partial charge on any atom is -0.395 e. The molecule has 0 radical (unpaired) electrons. The number of hydrogen-bond acceptors (Lipinski definition) is 3. The van der Waals surface area contributed by atoms with E-state index in [2.05, 4.69) is 18.3 Å². The van der Waals surface area contributed by atoms with Crippen LogP contribution in [0, 0.1) is 17.2 Å². The summed E-state index contributed by atoms with van der Waals surface area (Å²) in [6, 6.07) is 2.35. The molecular formula is C10H18N2O. The van der Waals surface area contributed by atoms with Gasteiger partial charge in [0.25, 0.3) is 0 Å². The van der Waals surface area contributed by atoms with Gasteiger partial charge in [-0.15, -0.1) is 0 Å². The molecule has 13 heavy (non-hydrogen) atoms. The number of nitriles is 1. The number of hydrogen-bond donors (Lipinski definition) is 2. The van der Waals surface area contributed by atoms with Crippen molar-refractivity contribution >= 4 is 0 Å². The largest absolute Gasteiger partial charge is 0.395 e. The summed E-state index contributed by atoms with van der Waals surface area (Å²) in [5.41, 5.74) is -0.352. The molecule has 3 nitrogen and oxygen atoms in total. The van der Waals surface area contributed by atoms with Crippen LogP contribution in [0.5, 0.6) is 0 Å². The van der Waals surface area contributed by atoms with Gasteiger partial charge in [-0.1, -0.05) is 6.92 Å². The monoisotopic (exact) mass is 182 g/mol. The first-order chi connectivity index (χ1) is 6.22. The molecule has 74 valence electrons. The van der Waals surface area contributed by atoms with Gasteiger partial charge in [-0.2, -0.15) is 5.26 Å². The molecule has 0 amide bonds.